The Bertz CT molecular complexity index is 834. The van der Waals surface area contributed by atoms with Crippen LogP contribution in [-0.2, 0) is 11.3 Å². The number of hydrogen-bond acceptors (Lipinski definition) is 3. The van der Waals surface area contributed by atoms with Gasteiger partial charge in [0, 0.05) is 10.0 Å². The fourth-order valence-corrected chi connectivity index (χ4v) is 3.18. The van der Waals surface area contributed by atoms with E-state index >= 15 is 0 Å². The van der Waals surface area contributed by atoms with E-state index in [1.54, 1.807) is 24.3 Å². The number of hydrogen-bond donors (Lipinski definition) is 2. The first-order valence-corrected chi connectivity index (χ1v) is 9.50. The highest BCUT2D eigenvalue weighted by atomic mass is 79.9. The minimum atomic E-state index is -0.387. The molecule has 4 amide bonds. The van der Waals surface area contributed by atoms with Crippen molar-refractivity contribution in [2.45, 2.75) is 25.9 Å². The number of halogens is 1. The van der Waals surface area contributed by atoms with E-state index in [-0.39, 0.29) is 37.0 Å². The number of carbonyl (C=O) groups is 3. The van der Waals surface area contributed by atoms with Crippen molar-refractivity contribution in [1.29, 1.82) is 0 Å². The van der Waals surface area contributed by atoms with E-state index in [0.717, 1.165) is 26.9 Å². The molecule has 2 aromatic carbocycles. The number of nitrogens with zero attached hydrogens (tertiary/aromatic N) is 1. The summed E-state index contributed by atoms with van der Waals surface area (Å²) in [7, 11) is 0. The van der Waals surface area contributed by atoms with Crippen LogP contribution in [0.1, 0.15) is 40.9 Å². The molecule has 140 valence electrons. The lowest BCUT2D eigenvalue weighted by atomic mass is 10.0. The quantitative estimate of drug-likeness (QED) is 0.690. The van der Waals surface area contributed by atoms with E-state index in [0.29, 0.717) is 5.56 Å². The molecule has 27 heavy (non-hydrogen) atoms. The van der Waals surface area contributed by atoms with Crippen molar-refractivity contribution in [3.05, 3.63) is 69.7 Å². The first-order chi connectivity index (χ1) is 13.0. The van der Waals surface area contributed by atoms with Gasteiger partial charge < -0.3 is 10.6 Å². The van der Waals surface area contributed by atoms with Gasteiger partial charge in [0.05, 0.1) is 19.1 Å². The molecule has 1 saturated heterocycles. The number of benzene rings is 2. The zero-order valence-electron chi connectivity index (χ0n) is 14.9. The van der Waals surface area contributed by atoms with E-state index in [2.05, 4.69) is 26.6 Å². The van der Waals surface area contributed by atoms with Crippen molar-refractivity contribution in [2.24, 2.45) is 0 Å². The molecule has 1 unspecified atom stereocenters. The summed E-state index contributed by atoms with van der Waals surface area (Å²) in [6.45, 7) is 2.25. The number of imide groups is 1. The third-order valence-corrected chi connectivity index (χ3v) is 5.01. The second kappa shape index (κ2) is 8.35. The minimum absolute atomic E-state index is 0.0355. The highest BCUT2D eigenvalue weighted by Gasteiger charge is 2.28. The van der Waals surface area contributed by atoms with Gasteiger partial charge in [0.1, 0.15) is 0 Å². The second-order valence-corrected chi connectivity index (χ2v) is 7.24. The summed E-state index contributed by atoms with van der Waals surface area (Å²) in [5.74, 6) is -0.409. The van der Waals surface area contributed by atoms with Crippen molar-refractivity contribution in [3.8, 4) is 0 Å². The van der Waals surface area contributed by atoms with Gasteiger partial charge in [-0.2, -0.15) is 0 Å². The third kappa shape index (κ3) is 4.54. The number of amides is 4. The molecule has 2 aromatic rings. The normalized spacial score (nSPS) is 14.8. The van der Waals surface area contributed by atoms with E-state index in [4.69, 9.17) is 0 Å². The molecule has 0 radical (unpaired) electrons. The zero-order chi connectivity index (χ0) is 19.4. The van der Waals surface area contributed by atoms with Crippen molar-refractivity contribution in [3.63, 3.8) is 0 Å². The highest BCUT2D eigenvalue weighted by Crippen LogP contribution is 2.20. The van der Waals surface area contributed by atoms with Gasteiger partial charge in [-0.1, -0.05) is 47.1 Å². The molecule has 1 fully saturated rings. The van der Waals surface area contributed by atoms with Gasteiger partial charge in [0.2, 0.25) is 5.91 Å². The maximum Gasteiger partial charge on any atom is 0.324 e. The van der Waals surface area contributed by atoms with Gasteiger partial charge in [-0.05, 0) is 41.8 Å². The molecule has 0 saturated carbocycles. The summed E-state index contributed by atoms with van der Waals surface area (Å²) < 4.78 is 0.994. The summed E-state index contributed by atoms with van der Waals surface area (Å²) in [5, 5.41) is 5.53. The van der Waals surface area contributed by atoms with E-state index in [9.17, 15) is 14.4 Å². The smallest absolute Gasteiger partial charge is 0.324 e. The monoisotopic (exact) mass is 429 g/mol. The number of urea groups is 1. The van der Waals surface area contributed by atoms with E-state index in [1.165, 1.54) is 0 Å². The Hall–Kier alpha value is -2.67. The first kappa shape index (κ1) is 19.1. The summed E-state index contributed by atoms with van der Waals surface area (Å²) in [6.07, 6.45) is 0.775. The minimum Gasteiger partial charge on any atom is -0.345 e. The van der Waals surface area contributed by atoms with Crippen molar-refractivity contribution in [2.75, 3.05) is 6.54 Å². The fourth-order valence-electron chi connectivity index (χ4n) is 2.92. The van der Waals surface area contributed by atoms with Crippen LogP contribution in [0.25, 0.3) is 0 Å². The second-order valence-electron chi connectivity index (χ2n) is 6.32. The predicted octanol–water partition coefficient (Wildman–Crippen LogP) is 3.38. The Morgan fingerprint density at radius 1 is 1.15 bits per heavy atom. The van der Waals surface area contributed by atoms with Gasteiger partial charge in [-0.15, -0.1) is 0 Å². The number of nitrogens with one attached hydrogen (secondary N) is 2. The maximum atomic E-state index is 12.6. The van der Waals surface area contributed by atoms with Crippen molar-refractivity contribution in [1.82, 2.24) is 15.5 Å². The molecule has 3 rings (SSSR count). The lowest BCUT2D eigenvalue weighted by molar-refractivity contribution is -0.125. The maximum absolute atomic E-state index is 12.6. The average Bonchev–Trinajstić information content (AvgIpc) is 2.99. The average molecular weight is 430 g/mol. The Balaban J connectivity index is 1.65. The molecule has 0 spiro atoms. The Kier molecular flexibility index (Phi) is 5.91. The van der Waals surface area contributed by atoms with Gasteiger partial charge in [0.25, 0.3) is 5.91 Å². The Morgan fingerprint density at radius 2 is 1.81 bits per heavy atom. The molecular weight excluding hydrogens is 410 g/mol. The van der Waals surface area contributed by atoms with Crippen molar-refractivity contribution < 1.29 is 14.4 Å². The molecule has 0 aromatic heterocycles. The highest BCUT2D eigenvalue weighted by molar-refractivity contribution is 9.10. The Morgan fingerprint density at radius 3 is 2.37 bits per heavy atom. The predicted molar refractivity (Wildman–Crippen MR) is 105 cm³/mol. The van der Waals surface area contributed by atoms with Crippen LogP contribution < -0.4 is 10.6 Å². The molecule has 7 heteroatoms. The largest absolute Gasteiger partial charge is 0.345 e. The first-order valence-electron chi connectivity index (χ1n) is 8.71. The fraction of sp³-hybridized carbons (Fsp3) is 0.250. The topological polar surface area (TPSA) is 78.5 Å². The molecule has 1 aliphatic heterocycles. The number of carbonyl (C=O) groups excluding carboxylic acids is 3. The lowest BCUT2D eigenvalue weighted by Crippen LogP contribution is -2.30. The van der Waals surface area contributed by atoms with Crippen LogP contribution >= 0.6 is 15.9 Å². The molecule has 6 nitrogen and oxygen atoms in total. The van der Waals surface area contributed by atoms with Gasteiger partial charge >= 0.3 is 6.03 Å². The molecule has 0 aliphatic carbocycles. The van der Waals surface area contributed by atoms with Crippen LogP contribution in [0.15, 0.2) is 53.0 Å². The summed E-state index contributed by atoms with van der Waals surface area (Å²) in [4.78, 5) is 37.0. The van der Waals surface area contributed by atoms with Crippen LogP contribution in [-0.4, -0.2) is 29.3 Å². The summed E-state index contributed by atoms with van der Waals surface area (Å²) >= 11 is 3.41. The van der Waals surface area contributed by atoms with Crippen LogP contribution in [0.2, 0.25) is 0 Å². The molecule has 1 aliphatic rings. The molecule has 2 N–H and O–H groups in total. The van der Waals surface area contributed by atoms with Crippen LogP contribution in [0.5, 0.6) is 0 Å². The molecule has 0 bridgehead atoms. The van der Waals surface area contributed by atoms with Gasteiger partial charge in [0.15, 0.2) is 0 Å². The van der Waals surface area contributed by atoms with E-state index < -0.39 is 0 Å². The van der Waals surface area contributed by atoms with Crippen LogP contribution in [0.3, 0.4) is 0 Å². The SMILES string of the molecule is CCC(NC(=O)c1ccc(CN2C(=O)CNC2=O)cc1)c1ccc(Br)cc1. The summed E-state index contributed by atoms with van der Waals surface area (Å²) in [6, 6.07) is 14.3. The molecule has 1 atom stereocenters. The molecular formula is C20H20BrN3O3. The lowest BCUT2D eigenvalue weighted by Gasteiger charge is -2.18. The zero-order valence-corrected chi connectivity index (χ0v) is 16.5. The van der Waals surface area contributed by atoms with Gasteiger partial charge in [-0.25, -0.2) is 4.79 Å². The number of rotatable bonds is 6. The van der Waals surface area contributed by atoms with E-state index in [1.807, 2.05) is 31.2 Å². The standard InChI is InChI=1S/C20H20BrN3O3/c1-2-17(14-7-9-16(21)10-8-14)23-19(26)15-5-3-13(4-6-15)12-24-18(25)11-22-20(24)27/h3-10,17H,2,11-12H2,1H3,(H,22,27)(H,23,26). The Labute approximate surface area is 166 Å². The third-order valence-electron chi connectivity index (χ3n) is 4.48. The van der Waals surface area contributed by atoms with Gasteiger partial charge in [-0.3, -0.25) is 14.5 Å². The van der Waals surface area contributed by atoms with Crippen molar-refractivity contribution >= 4 is 33.8 Å². The molecule has 1 heterocycles. The van der Waals surface area contributed by atoms with Crippen LogP contribution in [0.4, 0.5) is 4.79 Å². The van der Waals surface area contributed by atoms with Crippen LogP contribution in [0, 0.1) is 0 Å². The summed E-state index contributed by atoms with van der Waals surface area (Å²) in [5.41, 5.74) is 2.37.